The van der Waals surface area contributed by atoms with Gasteiger partial charge in [0.15, 0.2) is 9.88 Å². The second kappa shape index (κ2) is 3.39. The third-order valence-corrected chi connectivity index (χ3v) is 2.19. The first-order chi connectivity index (χ1) is 6.68. The fraction of sp³-hybridized carbons (Fsp3) is 0. The van der Waals surface area contributed by atoms with Crippen LogP contribution in [0.15, 0.2) is 24.3 Å². The smallest absolute Gasteiger partial charge is 0.197 e. The van der Waals surface area contributed by atoms with Crippen LogP contribution >= 0.6 is 24.4 Å². The number of benzene rings is 1. The zero-order valence-electron chi connectivity index (χ0n) is 7.15. The number of para-hydroxylation sites is 2. The van der Waals surface area contributed by atoms with E-state index >= 15 is 0 Å². The molecular weight excluding hydrogens is 216 g/mol. The van der Waals surface area contributed by atoms with E-state index in [2.05, 4.69) is 10.4 Å². The van der Waals surface area contributed by atoms with E-state index in [0.717, 1.165) is 11.0 Å². The van der Waals surface area contributed by atoms with Crippen LogP contribution in [0.5, 0.6) is 0 Å². The Morgan fingerprint density at radius 1 is 1.43 bits per heavy atom. The van der Waals surface area contributed by atoms with E-state index < -0.39 is 0 Å². The third kappa shape index (κ3) is 1.49. The van der Waals surface area contributed by atoms with E-state index in [4.69, 9.17) is 30.2 Å². The molecule has 0 bridgehead atoms. The quantitative estimate of drug-likeness (QED) is 0.642. The van der Waals surface area contributed by atoms with E-state index in [-0.39, 0.29) is 5.11 Å². The lowest BCUT2D eigenvalue weighted by atomic mass is 10.3. The fourth-order valence-electron chi connectivity index (χ4n) is 1.28. The molecule has 1 heterocycles. The number of fused-ring (bicyclic) bond motifs is 1. The predicted octanol–water partition coefficient (Wildman–Crippen LogP) is 1.49. The topological polar surface area (TPSA) is 58.8 Å². The SMILES string of the molecule is NC(=S)Nn1c(=S)[nH]c2ccccc21. The van der Waals surface area contributed by atoms with Crippen molar-refractivity contribution in [3.63, 3.8) is 0 Å². The van der Waals surface area contributed by atoms with Gasteiger partial charge in [-0.15, -0.1) is 0 Å². The Bertz CT molecular complexity index is 540. The van der Waals surface area contributed by atoms with Crippen LogP contribution in [-0.4, -0.2) is 14.8 Å². The van der Waals surface area contributed by atoms with Crippen molar-refractivity contribution in [2.24, 2.45) is 5.73 Å². The van der Waals surface area contributed by atoms with Gasteiger partial charge in [0.1, 0.15) is 0 Å². The molecular formula is C8H8N4S2. The molecule has 4 nitrogen and oxygen atoms in total. The Labute approximate surface area is 90.7 Å². The Morgan fingerprint density at radius 3 is 2.86 bits per heavy atom. The number of imidazole rings is 1. The second-order valence-corrected chi connectivity index (χ2v) is 3.59. The maximum atomic E-state index is 5.38. The summed E-state index contributed by atoms with van der Waals surface area (Å²) in [5, 5.41) is 0.186. The first-order valence-electron chi connectivity index (χ1n) is 3.95. The molecule has 2 aromatic rings. The molecule has 4 N–H and O–H groups in total. The molecule has 0 amide bonds. The van der Waals surface area contributed by atoms with Crippen LogP contribution in [0.4, 0.5) is 0 Å². The Morgan fingerprint density at radius 2 is 2.14 bits per heavy atom. The molecule has 0 aliphatic heterocycles. The molecule has 0 atom stereocenters. The molecule has 72 valence electrons. The number of nitrogens with one attached hydrogen (secondary N) is 2. The molecule has 0 spiro atoms. The number of hydrogen-bond acceptors (Lipinski definition) is 2. The molecule has 0 unspecified atom stereocenters. The zero-order chi connectivity index (χ0) is 10.1. The standard InChI is InChI=1S/C8H8N4S2/c9-7(13)11-12-6-4-2-1-3-5(6)10-8(12)14/h1-4H,(H,10,14)(H3,9,11,13). The summed E-state index contributed by atoms with van der Waals surface area (Å²) in [6, 6.07) is 7.71. The van der Waals surface area contributed by atoms with E-state index in [1.807, 2.05) is 24.3 Å². The number of aromatic nitrogens is 2. The molecule has 1 aromatic carbocycles. The summed E-state index contributed by atoms with van der Waals surface area (Å²) in [6.45, 7) is 0. The number of nitrogens with two attached hydrogens (primary N) is 1. The van der Waals surface area contributed by atoms with Gasteiger partial charge in [0.2, 0.25) is 0 Å². The molecule has 0 radical (unpaired) electrons. The van der Waals surface area contributed by atoms with Gasteiger partial charge in [-0.05, 0) is 36.6 Å². The largest absolute Gasteiger partial charge is 0.375 e. The minimum atomic E-state index is 0.186. The number of thiocarbonyl (C=S) groups is 1. The summed E-state index contributed by atoms with van der Waals surface area (Å²) in [6.07, 6.45) is 0. The Kier molecular flexibility index (Phi) is 2.22. The number of nitrogens with zero attached hydrogens (tertiary/aromatic N) is 1. The van der Waals surface area contributed by atoms with Gasteiger partial charge in [-0.2, -0.15) is 0 Å². The molecule has 14 heavy (non-hydrogen) atoms. The van der Waals surface area contributed by atoms with Crippen molar-refractivity contribution in [2.75, 3.05) is 5.43 Å². The monoisotopic (exact) mass is 224 g/mol. The number of hydrogen-bond donors (Lipinski definition) is 3. The van der Waals surface area contributed by atoms with Crippen molar-refractivity contribution in [3.8, 4) is 0 Å². The zero-order valence-corrected chi connectivity index (χ0v) is 8.78. The van der Waals surface area contributed by atoms with Crippen molar-refractivity contribution in [3.05, 3.63) is 29.0 Å². The number of rotatable bonds is 1. The minimum absolute atomic E-state index is 0.186. The summed E-state index contributed by atoms with van der Waals surface area (Å²) in [4.78, 5) is 3.03. The molecule has 0 aliphatic carbocycles. The first-order valence-corrected chi connectivity index (χ1v) is 4.76. The Hall–Kier alpha value is -1.40. The van der Waals surface area contributed by atoms with Crippen LogP contribution < -0.4 is 11.2 Å². The van der Waals surface area contributed by atoms with Crippen molar-refractivity contribution < 1.29 is 0 Å². The molecule has 2 rings (SSSR count). The van der Waals surface area contributed by atoms with Gasteiger partial charge in [-0.3, -0.25) is 5.43 Å². The summed E-state index contributed by atoms with van der Waals surface area (Å²) in [5.41, 5.74) is 10.0. The van der Waals surface area contributed by atoms with Gasteiger partial charge < -0.3 is 10.7 Å². The molecule has 0 aliphatic rings. The van der Waals surface area contributed by atoms with Crippen LogP contribution in [0.1, 0.15) is 0 Å². The van der Waals surface area contributed by atoms with Crippen molar-refractivity contribution in [1.29, 1.82) is 0 Å². The van der Waals surface area contributed by atoms with E-state index in [1.165, 1.54) is 0 Å². The lowest BCUT2D eigenvalue weighted by molar-refractivity contribution is 0.986. The van der Waals surface area contributed by atoms with E-state index in [1.54, 1.807) is 4.68 Å². The lowest BCUT2D eigenvalue weighted by Gasteiger charge is -2.04. The summed E-state index contributed by atoms with van der Waals surface area (Å²) in [5.74, 6) is 0. The highest BCUT2D eigenvalue weighted by molar-refractivity contribution is 7.80. The molecule has 6 heteroatoms. The number of aromatic amines is 1. The maximum Gasteiger partial charge on any atom is 0.197 e. The summed E-state index contributed by atoms with van der Waals surface area (Å²) < 4.78 is 2.19. The highest BCUT2D eigenvalue weighted by atomic mass is 32.1. The molecule has 0 saturated carbocycles. The van der Waals surface area contributed by atoms with Crippen molar-refractivity contribution in [1.82, 2.24) is 9.66 Å². The second-order valence-electron chi connectivity index (χ2n) is 2.76. The van der Waals surface area contributed by atoms with Gasteiger partial charge in [0.25, 0.3) is 0 Å². The van der Waals surface area contributed by atoms with Gasteiger partial charge in [0.05, 0.1) is 11.0 Å². The average molecular weight is 224 g/mol. The highest BCUT2D eigenvalue weighted by Crippen LogP contribution is 2.11. The van der Waals surface area contributed by atoms with Crippen molar-refractivity contribution in [2.45, 2.75) is 0 Å². The van der Waals surface area contributed by atoms with E-state index in [0.29, 0.717) is 4.77 Å². The third-order valence-electron chi connectivity index (χ3n) is 1.81. The van der Waals surface area contributed by atoms with Crippen LogP contribution in [0.25, 0.3) is 11.0 Å². The lowest BCUT2D eigenvalue weighted by Crippen LogP contribution is -2.27. The van der Waals surface area contributed by atoms with Crippen LogP contribution in [0.3, 0.4) is 0 Å². The normalized spacial score (nSPS) is 10.3. The fourth-order valence-corrected chi connectivity index (χ4v) is 1.62. The summed E-state index contributed by atoms with van der Waals surface area (Å²) in [7, 11) is 0. The highest BCUT2D eigenvalue weighted by Gasteiger charge is 2.02. The minimum Gasteiger partial charge on any atom is -0.375 e. The van der Waals surface area contributed by atoms with E-state index in [9.17, 15) is 0 Å². The van der Waals surface area contributed by atoms with Gasteiger partial charge in [-0.1, -0.05) is 12.1 Å². The Balaban J connectivity index is 2.68. The predicted molar refractivity (Wildman–Crippen MR) is 63.3 cm³/mol. The van der Waals surface area contributed by atoms with Gasteiger partial charge in [0, 0.05) is 0 Å². The van der Waals surface area contributed by atoms with Gasteiger partial charge in [-0.25, -0.2) is 4.68 Å². The molecule has 1 aromatic heterocycles. The molecule has 0 saturated heterocycles. The van der Waals surface area contributed by atoms with Crippen LogP contribution in [0, 0.1) is 4.77 Å². The summed E-state index contributed by atoms with van der Waals surface area (Å²) >= 11 is 9.85. The average Bonchev–Trinajstić information content (AvgIpc) is 2.43. The van der Waals surface area contributed by atoms with Gasteiger partial charge >= 0.3 is 0 Å². The molecule has 0 fully saturated rings. The maximum absolute atomic E-state index is 5.38. The van der Waals surface area contributed by atoms with Crippen LogP contribution in [-0.2, 0) is 0 Å². The van der Waals surface area contributed by atoms with Crippen molar-refractivity contribution >= 4 is 40.6 Å². The number of H-pyrrole nitrogens is 1. The first kappa shape index (κ1) is 9.17. The van der Waals surface area contributed by atoms with Crippen LogP contribution in [0.2, 0.25) is 0 Å².